The first-order chi connectivity index (χ1) is 16.2. The molecule has 2 aromatic carbocycles. The van der Waals surface area contributed by atoms with Crippen LogP contribution in [0.25, 0.3) is 5.78 Å². The third-order valence-electron chi connectivity index (χ3n) is 4.49. The molecule has 15 heteroatoms. The number of halogens is 2. The van der Waals surface area contributed by atoms with Gasteiger partial charge in [-0.3, -0.25) is 30.1 Å². The number of urea groups is 1. The molecule has 0 aliphatic heterocycles. The van der Waals surface area contributed by atoms with Crippen molar-refractivity contribution in [2.75, 3.05) is 10.6 Å². The molecule has 3 N–H and O–H groups in total. The van der Waals surface area contributed by atoms with Crippen molar-refractivity contribution in [3.8, 4) is 0 Å². The van der Waals surface area contributed by atoms with Crippen molar-refractivity contribution < 1.29 is 18.8 Å². The Hall–Kier alpha value is -4.36. The molecule has 0 saturated heterocycles. The van der Waals surface area contributed by atoms with Gasteiger partial charge >= 0.3 is 6.03 Å². The fourth-order valence-electron chi connectivity index (χ4n) is 2.91. The van der Waals surface area contributed by atoms with E-state index in [0.29, 0.717) is 10.7 Å². The zero-order chi connectivity index (χ0) is 24.4. The highest BCUT2D eigenvalue weighted by Gasteiger charge is 2.22. The average Bonchev–Trinajstić information content (AvgIpc) is 3.16. The van der Waals surface area contributed by atoms with E-state index in [2.05, 4.69) is 30.9 Å². The maximum absolute atomic E-state index is 12.6. The Bertz CT molecular complexity index is 1510. The monoisotopic (exact) mass is 508 g/mol. The second kappa shape index (κ2) is 9.25. The fraction of sp³-hybridized carbons (Fsp3) is 0.0526. The predicted octanol–water partition coefficient (Wildman–Crippen LogP) is 3.84. The number of nitro groups is 1. The van der Waals surface area contributed by atoms with Crippen molar-refractivity contribution >= 4 is 58.1 Å². The first-order valence-electron chi connectivity index (χ1n) is 9.37. The number of hydrogen-bond donors (Lipinski definition) is 3. The van der Waals surface area contributed by atoms with Crippen LogP contribution in [-0.4, -0.2) is 41.5 Å². The maximum Gasteiger partial charge on any atom is 0.326 e. The number of aromatic amines is 1. The molecule has 4 aromatic rings. The van der Waals surface area contributed by atoms with Crippen LogP contribution in [0.5, 0.6) is 0 Å². The number of H-pyrrole nitrogens is 1. The number of nitro benzene ring substituents is 1. The van der Waals surface area contributed by atoms with Gasteiger partial charge in [0, 0.05) is 26.6 Å². The zero-order valence-electron chi connectivity index (χ0n) is 16.8. The molecule has 0 aliphatic carbocycles. The molecule has 2 amide bonds. The summed E-state index contributed by atoms with van der Waals surface area (Å²) in [6.07, 6.45) is -0.501. The lowest BCUT2D eigenvalue weighted by atomic mass is 10.1. The summed E-state index contributed by atoms with van der Waals surface area (Å²) in [5.41, 5.74) is -1.08. The number of nitrogens with one attached hydrogen (secondary N) is 3. The normalized spacial score (nSPS) is 10.8. The SMILES string of the molecule is O=C(Nc1ccc(Cl)cc1)Nc1nnc2nc(CC(=O)c3cccc([N+](=O)[O-])c3Cl)c(=O)[nH]n12.[HH].[HH].[HH]. The molecule has 0 unspecified atom stereocenters. The quantitative estimate of drug-likeness (QED) is 0.199. The number of aromatic nitrogens is 5. The highest BCUT2D eigenvalue weighted by atomic mass is 35.5. The first-order valence-corrected chi connectivity index (χ1v) is 10.1. The van der Waals surface area contributed by atoms with Gasteiger partial charge in [0.1, 0.15) is 10.7 Å². The third-order valence-corrected chi connectivity index (χ3v) is 5.14. The standard InChI is InChI=1S/C19H12Cl2N8O5.3H2/c20-9-4-6-10(7-5-9)22-19(32)24-18-26-25-17-23-12(16(31)27-28(17)18)8-14(30)11-2-1-3-13(15(11)21)29(33)34;;;/h1-7H,8H2,(H,27,31)(H2,22,24,26,32);3*1H. The fourth-order valence-corrected chi connectivity index (χ4v) is 3.34. The number of Topliss-reactive ketones (excluding diaryl/α,β-unsaturated/α-hetero) is 1. The summed E-state index contributed by atoms with van der Waals surface area (Å²) < 4.78 is 1.03. The lowest BCUT2D eigenvalue weighted by molar-refractivity contribution is -0.384. The molecule has 2 heterocycles. The van der Waals surface area contributed by atoms with E-state index < -0.39 is 34.4 Å². The van der Waals surface area contributed by atoms with E-state index in [1.807, 2.05) is 0 Å². The maximum atomic E-state index is 12.6. The molecule has 0 bridgehead atoms. The van der Waals surface area contributed by atoms with E-state index in [1.165, 1.54) is 12.1 Å². The Balaban J connectivity index is 0.00000228. The number of amides is 2. The summed E-state index contributed by atoms with van der Waals surface area (Å²) in [7, 11) is 0. The molecular formula is C19H18Cl2N8O5. The molecule has 0 spiro atoms. The number of carbonyl (C=O) groups excluding carboxylic acids is 2. The van der Waals surface area contributed by atoms with Crippen LogP contribution in [0.4, 0.5) is 22.1 Å². The van der Waals surface area contributed by atoms with E-state index >= 15 is 0 Å². The van der Waals surface area contributed by atoms with Crippen LogP contribution in [-0.2, 0) is 6.42 Å². The smallest absolute Gasteiger partial charge is 0.308 e. The van der Waals surface area contributed by atoms with E-state index in [1.54, 1.807) is 24.3 Å². The predicted molar refractivity (Wildman–Crippen MR) is 128 cm³/mol. The minimum absolute atomic E-state index is 0. The van der Waals surface area contributed by atoms with Gasteiger partial charge in [-0.15, -0.1) is 10.2 Å². The number of ketones is 1. The lowest BCUT2D eigenvalue weighted by Gasteiger charge is -2.06. The van der Waals surface area contributed by atoms with Crippen molar-refractivity contribution in [2.24, 2.45) is 0 Å². The van der Waals surface area contributed by atoms with Gasteiger partial charge in [-0.05, 0) is 30.3 Å². The van der Waals surface area contributed by atoms with Gasteiger partial charge in [-0.2, -0.15) is 4.52 Å². The minimum Gasteiger partial charge on any atom is -0.308 e. The van der Waals surface area contributed by atoms with Crippen LogP contribution in [0, 0.1) is 10.1 Å². The summed E-state index contributed by atoms with van der Waals surface area (Å²) in [5, 5.41) is 26.1. The summed E-state index contributed by atoms with van der Waals surface area (Å²) in [5.74, 6) is -0.892. The highest BCUT2D eigenvalue weighted by Crippen LogP contribution is 2.28. The van der Waals surface area contributed by atoms with Gasteiger partial charge in [0.15, 0.2) is 5.78 Å². The molecule has 0 fully saturated rings. The molecule has 4 rings (SSSR count). The van der Waals surface area contributed by atoms with Crippen molar-refractivity contribution in [2.45, 2.75) is 6.42 Å². The molecule has 2 aromatic heterocycles. The number of benzene rings is 2. The summed E-state index contributed by atoms with van der Waals surface area (Å²) in [6, 6.07) is 9.46. The third kappa shape index (κ3) is 4.69. The van der Waals surface area contributed by atoms with E-state index in [4.69, 9.17) is 23.2 Å². The Morgan fingerprint density at radius 1 is 1.12 bits per heavy atom. The van der Waals surface area contributed by atoms with Gasteiger partial charge in [-0.25, -0.2) is 9.78 Å². The van der Waals surface area contributed by atoms with Gasteiger partial charge < -0.3 is 5.32 Å². The number of nitrogens with zero attached hydrogens (tertiary/aromatic N) is 5. The summed E-state index contributed by atoms with van der Waals surface area (Å²) in [4.78, 5) is 51.7. The zero-order valence-corrected chi connectivity index (χ0v) is 18.3. The van der Waals surface area contributed by atoms with Crippen LogP contribution in [0.15, 0.2) is 47.3 Å². The number of rotatable bonds is 6. The Morgan fingerprint density at radius 2 is 1.85 bits per heavy atom. The van der Waals surface area contributed by atoms with Gasteiger partial charge in [0.2, 0.25) is 0 Å². The number of carbonyl (C=O) groups is 2. The average molecular weight is 509 g/mol. The minimum atomic E-state index is -0.761. The molecule has 0 aliphatic rings. The topological polar surface area (TPSA) is 177 Å². The highest BCUT2D eigenvalue weighted by molar-refractivity contribution is 6.36. The van der Waals surface area contributed by atoms with Gasteiger partial charge in [-0.1, -0.05) is 29.3 Å². The molecule has 34 heavy (non-hydrogen) atoms. The van der Waals surface area contributed by atoms with E-state index in [9.17, 15) is 24.5 Å². The van der Waals surface area contributed by atoms with Crippen LogP contribution in [0.1, 0.15) is 20.3 Å². The number of hydrogen-bond acceptors (Lipinski definition) is 8. The van der Waals surface area contributed by atoms with Crippen molar-refractivity contribution in [3.05, 3.63) is 84.2 Å². The molecule has 0 saturated carbocycles. The Kier molecular flexibility index (Phi) is 6.21. The second-order valence-electron chi connectivity index (χ2n) is 6.74. The Labute approximate surface area is 203 Å². The van der Waals surface area contributed by atoms with E-state index in [0.717, 1.165) is 10.6 Å². The lowest BCUT2D eigenvalue weighted by Crippen LogP contribution is -2.25. The molecule has 0 atom stereocenters. The van der Waals surface area contributed by atoms with Gasteiger partial charge in [0.25, 0.3) is 23.0 Å². The van der Waals surface area contributed by atoms with Crippen LogP contribution in [0.2, 0.25) is 10.0 Å². The first kappa shape index (κ1) is 22.8. The summed E-state index contributed by atoms with van der Waals surface area (Å²) in [6.45, 7) is 0. The molecule has 178 valence electrons. The Morgan fingerprint density at radius 3 is 2.56 bits per heavy atom. The molecule has 0 radical (unpaired) electrons. The number of anilines is 2. The van der Waals surface area contributed by atoms with Gasteiger partial charge in [0.05, 0.1) is 11.3 Å². The van der Waals surface area contributed by atoms with E-state index in [-0.39, 0.29) is 32.3 Å². The second-order valence-corrected chi connectivity index (χ2v) is 7.55. The van der Waals surface area contributed by atoms with Crippen molar-refractivity contribution in [1.29, 1.82) is 0 Å². The summed E-state index contributed by atoms with van der Waals surface area (Å²) >= 11 is 11.8. The van der Waals surface area contributed by atoms with Crippen molar-refractivity contribution in [3.63, 3.8) is 0 Å². The molecular weight excluding hydrogens is 491 g/mol. The molecule has 13 nitrogen and oxygen atoms in total. The van der Waals surface area contributed by atoms with Crippen LogP contribution >= 0.6 is 23.2 Å². The van der Waals surface area contributed by atoms with Crippen molar-refractivity contribution in [1.82, 2.24) is 24.8 Å². The van der Waals surface area contributed by atoms with Crippen LogP contribution < -0.4 is 16.2 Å². The van der Waals surface area contributed by atoms with Crippen LogP contribution in [0.3, 0.4) is 0 Å². The number of fused-ring (bicyclic) bond motifs is 1. The largest absolute Gasteiger partial charge is 0.326 e.